The van der Waals surface area contributed by atoms with Gasteiger partial charge in [-0.1, -0.05) is 11.2 Å². The molecule has 0 saturated carbocycles. The highest BCUT2D eigenvalue weighted by Crippen LogP contribution is 2.38. The van der Waals surface area contributed by atoms with Gasteiger partial charge in [0, 0.05) is 0 Å². The molecule has 0 radical (unpaired) electrons. The maximum atomic E-state index is 5.83. The first kappa shape index (κ1) is 10.2. The van der Waals surface area contributed by atoms with Crippen LogP contribution in [0.3, 0.4) is 0 Å². The third kappa shape index (κ3) is 9.15. The normalized spacial score (nSPS) is 14.3. The zero-order valence-electron chi connectivity index (χ0n) is 6.39. The van der Waals surface area contributed by atoms with Gasteiger partial charge in [0.25, 0.3) is 0 Å². The van der Waals surface area contributed by atoms with E-state index < -0.39 is 0 Å². The summed E-state index contributed by atoms with van der Waals surface area (Å²) in [5.74, 6) is 0. The van der Waals surface area contributed by atoms with E-state index in [9.17, 15) is 0 Å². The molecule has 0 aromatic heterocycles. The van der Waals surface area contributed by atoms with Crippen molar-refractivity contribution >= 4 is 26.4 Å². The predicted molar refractivity (Wildman–Crippen MR) is 51.8 cm³/mol. The van der Waals surface area contributed by atoms with Gasteiger partial charge < -0.3 is 0 Å². The van der Waals surface area contributed by atoms with Crippen LogP contribution in [0.25, 0.3) is 0 Å². The lowest BCUT2D eigenvalue weighted by atomic mass is 10.6. The number of hydrogen-bond acceptors (Lipinski definition) is 0. The topological polar surface area (TPSA) is 0 Å². The minimum atomic E-state index is -0.149. The fourth-order valence-electron chi connectivity index (χ4n) is 0.605. The zero-order valence-corrected chi connectivity index (χ0v) is 8.94. The van der Waals surface area contributed by atoms with Crippen LogP contribution in [0.1, 0.15) is 6.42 Å². The van der Waals surface area contributed by atoms with E-state index in [1.807, 2.05) is 0 Å². The summed E-state index contributed by atoms with van der Waals surface area (Å²) in [4.78, 5) is 0. The van der Waals surface area contributed by atoms with Gasteiger partial charge in [-0.15, -0.1) is 7.92 Å². The molecular formula is C6H15ClP2. The molecule has 0 aliphatic heterocycles. The SMILES string of the molecule is CP(C)CCCP(C)Cl. The quantitative estimate of drug-likeness (QED) is 0.588. The van der Waals surface area contributed by atoms with E-state index in [0.717, 1.165) is 0 Å². The Labute approximate surface area is 65.7 Å². The van der Waals surface area contributed by atoms with Gasteiger partial charge in [0.1, 0.15) is 0 Å². The van der Waals surface area contributed by atoms with Crippen molar-refractivity contribution in [3.63, 3.8) is 0 Å². The second-order valence-electron chi connectivity index (χ2n) is 2.49. The average Bonchev–Trinajstić information content (AvgIpc) is 1.63. The predicted octanol–water partition coefficient (Wildman–Crippen LogP) is 3.38. The van der Waals surface area contributed by atoms with Crippen LogP contribution in [0.15, 0.2) is 0 Å². The number of halogens is 1. The molecule has 1 unspecified atom stereocenters. The van der Waals surface area contributed by atoms with Crippen LogP contribution in [-0.2, 0) is 0 Å². The number of hydrogen-bond donors (Lipinski definition) is 0. The molecule has 0 bridgehead atoms. The third-order valence-corrected chi connectivity index (χ3v) is 3.72. The smallest absolute Gasteiger partial charge is 0.0129 e. The average molecular weight is 185 g/mol. The lowest BCUT2D eigenvalue weighted by Crippen LogP contribution is -1.84. The maximum absolute atomic E-state index is 5.83. The molecular weight excluding hydrogens is 169 g/mol. The molecule has 0 saturated heterocycles. The summed E-state index contributed by atoms with van der Waals surface area (Å²) >= 11 is 5.83. The van der Waals surface area contributed by atoms with E-state index in [1.165, 1.54) is 18.7 Å². The Balaban J connectivity index is 2.91. The standard InChI is InChI=1S/C6H15ClP2/c1-8(2)5-4-6-9(3)7/h4-6H2,1-3H3. The fraction of sp³-hybridized carbons (Fsp3) is 1.00. The van der Waals surface area contributed by atoms with Gasteiger partial charge in [0.2, 0.25) is 0 Å². The summed E-state index contributed by atoms with van der Waals surface area (Å²) in [7, 11) is 0.172. The van der Waals surface area contributed by atoms with Crippen molar-refractivity contribution in [1.82, 2.24) is 0 Å². The first-order valence-corrected chi connectivity index (χ1v) is 8.44. The molecule has 1 atom stereocenters. The van der Waals surface area contributed by atoms with Gasteiger partial charge in [0.05, 0.1) is 0 Å². The highest BCUT2D eigenvalue weighted by molar-refractivity contribution is 7.83. The molecule has 9 heavy (non-hydrogen) atoms. The first-order chi connectivity index (χ1) is 4.13. The summed E-state index contributed by atoms with van der Waals surface area (Å²) in [5.41, 5.74) is 0. The molecule has 0 fully saturated rings. The molecule has 0 heterocycles. The van der Waals surface area contributed by atoms with Crippen molar-refractivity contribution in [1.29, 1.82) is 0 Å². The highest BCUT2D eigenvalue weighted by atomic mass is 35.7. The summed E-state index contributed by atoms with van der Waals surface area (Å²) in [6.07, 6.45) is 3.98. The van der Waals surface area contributed by atoms with Crippen molar-refractivity contribution in [3.8, 4) is 0 Å². The summed E-state index contributed by atoms with van der Waals surface area (Å²) in [6, 6.07) is 0. The van der Waals surface area contributed by atoms with Crippen LogP contribution >= 0.6 is 26.4 Å². The van der Waals surface area contributed by atoms with Gasteiger partial charge in [-0.05, 0) is 46.0 Å². The van der Waals surface area contributed by atoms with Gasteiger partial charge in [0.15, 0.2) is 0 Å². The van der Waals surface area contributed by atoms with Crippen molar-refractivity contribution in [2.45, 2.75) is 6.42 Å². The van der Waals surface area contributed by atoms with Gasteiger partial charge in [-0.25, -0.2) is 0 Å². The van der Waals surface area contributed by atoms with E-state index in [4.69, 9.17) is 11.2 Å². The molecule has 0 N–H and O–H groups in total. The van der Waals surface area contributed by atoms with Gasteiger partial charge in [-0.2, -0.15) is 0 Å². The van der Waals surface area contributed by atoms with E-state index in [1.54, 1.807) is 0 Å². The Kier molecular flexibility index (Phi) is 6.65. The molecule has 0 aliphatic carbocycles. The lowest BCUT2D eigenvalue weighted by Gasteiger charge is -2.05. The molecule has 0 spiro atoms. The van der Waals surface area contributed by atoms with Crippen LogP contribution in [0.4, 0.5) is 0 Å². The van der Waals surface area contributed by atoms with E-state index >= 15 is 0 Å². The molecule has 0 aromatic rings. The minimum absolute atomic E-state index is 0.149. The molecule has 0 nitrogen and oxygen atoms in total. The van der Waals surface area contributed by atoms with Crippen LogP contribution in [0.5, 0.6) is 0 Å². The van der Waals surface area contributed by atoms with Crippen LogP contribution < -0.4 is 0 Å². The Bertz CT molecular complexity index is 56.1. The third-order valence-electron chi connectivity index (χ3n) is 1.07. The summed E-state index contributed by atoms with van der Waals surface area (Å²) < 4.78 is 0. The Morgan fingerprint density at radius 3 is 2.00 bits per heavy atom. The Hall–Kier alpha value is 1.15. The molecule has 0 amide bonds. The van der Waals surface area contributed by atoms with Crippen LogP contribution in [0.2, 0.25) is 0 Å². The Morgan fingerprint density at radius 2 is 1.67 bits per heavy atom. The van der Waals surface area contributed by atoms with Crippen molar-refractivity contribution in [2.75, 3.05) is 32.3 Å². The fourth-order valence-corrected chi connectivity index (χ4v) is 2.60. The zero-order chi connectivity index (χ0) is 7.28. The first-order valence-electron chi connectivity index (χ1n) is 3.14. The number of rotatable bonds is 4. The van der Waals surface area contributed by atoms with Crippen LogP contribution in [-0.4, -0.2) is 32.3 Å². The monoisotopic (exact) mass is 184 g/mol. The molecule has 0 rings (SSSR count). The molecule has 0 aliphatic rings. The van der Waals surface area contributed by atoms with E-state index in [0.29, 0.717) is 7.92 Å². The second-order valence-corrected chi connectivity index (χ2v) is 8.48. The largest absolute Gasteiger partial charge is 0.113 e. The summed E-state index contributed by atoms with van der Waals surface area (Å²) in [6.45, 7) is 6.77. The second kappa shape index (κ2) is 5.90. The molecule has 56 valence electrons. The van der Waals surface area contributed by atoms with Crippen molar-refractivity contribution in [2.24, 2.45) is 0 Å². The van der Waals surface area contributed by atoms with Crippen LogP contribution in [0, 0.1) is 0 Å². The van der Waals surface area contributed by atoms with Crippen molar-refractivity contribution in [3.05, 3.63) is 0 Å². The molecule has 3 heteroatoms. The van der Waals surface area contributed by atoms with Crippen molar-refractivity contribution < 1.29 is 0 Å². The Morgan fingerprint density at radius 1 is 1.11 bits per heavy atom. The summed E-state index contributed by atoms with van der Waals surface area (Å²) in [5, 5.41) is 0. The highest BCUT2D eigenvalue weighted by Gasteiger charge is 1.96. The minimum Gasteiger partial charge on any atom is -0.113 e. The van der Waals surface area contributed by atoms with E-state index in [-0.39, 0.29) is 7.27 Å². The maximum Gasteiger partial charge on any atom is -0.0129 e. The van der Waals surface area contributed by atoms with Gasteiger partial charge >= 0.3 is 0 Å². The van der Waals surface area contributed by atoms with E-state index in [2.05, 4.69) is 20.0 Å². The lowest BCUT2D eigenvalue weighted by molar-refractivity contribution is 1.11. The van der Waals surface area contributed by atoms with Gasteiger partial charge in [-0.3, -0.25) is 0 Å². The molecule has 0 aromatic carbocycles.